The molecule has 0 aliphatic heterocycles. The van der Waals surface area contributed by atoms with Gasteiger partial charge in [-0.3, -0.25) is 0 Å². The first-order chi connectivity index (χ1) is 10.5. The minimum atomic E-state index is 0.486. The predicted octanol–water partition coefficient (Wildman–Crippen LogP) is 3.10. The van der Waals surface area contributed by atoms with Gasteiger partial charge in [-0.05, 0) is 38.0 Å². The van der Waals surface area contributed by atoms with Crippen molar-refractivity contribution in [3.05, 3.63) is 53.0 Å². The van der Waals surface area contributed by atoms with E-state index < -0.39 is 0 Å². The van der Waals surface area contributed by atoms with Gasteiger partial charge in [0.15, 0.2) is 0 Å². The van der Waals surface area contributed by atoms with Crippen molar-refractivity contribution in [3.63, 3.8) is 0 Å². The molecule has 0 aliphatic carbocycles. The molecule has 1 aromatic carbocycles. The van der Waals surface area contributed by atoms with Gasteiger partial charge in [0, 0.05) is 6.92 Å². The third kappa shape index (κ3) is 2.72. The molecule has 1 N–H and O–H groups in total. The smallest absolute Gasteiger partial charge is 0.235 e. The summed E-state index contributed by atoms with van der Waals surface area (Å²) in [5, 5.41) is 15.6. The largest absolute Gasteiger partial charge is 0.424 e. The second-order valence-corrected chi connectivity index (χ2v) is 5.41. The lowest BCUT2D eigenvalue weighted by Gasteiger charge is -2.10. The van der Waals surface area contributed by atoms with Crippen LogP contribution in [0, 0.1) is 27.7 Å². The zero-order valence-electron chi connectivity index (χ0n) is 13.2. The maximum absolute atomic E-state index is 5.36. The van der Waals surface area contributed by atoms with Crippen LogP contribution in [0.5, 0.6) is 0 Å². The number of benzene rings is 1. The molecule has 2 heterocycles. The Morgan fingerprint density at radius 3 is 2.68 bits per heavy atom. The number of aromatic nitrogens is 4. The molecule has 0 spiro atoms. The molecule has 0 atom stereocenters. The standard InChI is InChI=1S/C16H19N5O/c1-10-5-6-11(2)15(7-10)21-12(3)14(8-18-21)17-9-16-20-19-13(4)22-16/h5-8,17H,9H2,1-4H3. The third-order valence-corrected chi connectivity index (χ3v) is 3.60. The summed E-state index contributed by atoms with van der Waals surface area (Å²) < 4.78 is 7.31. The fourth-order valence-corrected chi connectivity index (χ4v) is 2.35. The molecule has 3 aromatic rings. The third-order valence-electron chi connectivity index (χ3n) is 3.60. The molecule has 2 aromatic heterocycles. The van der Waals surface area contributed by atoms with E-state index in [0.29, 0.717) is 18.3 Å². The summed E-state index contributed by atoms with van der Waals surface area (Å²) in [5.41, 5.74) is 5.50. The normalized spacial score (nSPS) is 10.9. The van der Waals surface area contributed by atoms with Crippen LogP contribution in [0.3, 0.4) is 0 Å². The lowest BCUT2D eigenvalue weighted by atomic mass is 10.1. The molecule has 22 heavy (non-hydrogen) atoms. The molecule has 3 rings (SSSR count). The van der Waals surface area contributed by atoms with E-state index >= 15 is 0 Å². The van der Waals surface area contributed by atoms with E-state index in [0.717, 1.165) is 17.1 Å². The Balaban J connectivity index is 1.84. The van der Waals surface area contributed by atoms with Gasteiger partial charge < -0.3 is 9.73 Å². The second-order valence-electron chi connectivity index (χ2n) is 5.41. The van der Waals surface area contributed by atoms with Gasteiger partial charge in [0.25, 0.3) is 0 Å². The monoisotopic (exact) mass is 297 g/mol. The molecular formula is C16H19N5O. The molecule has 0 unspecified atom stereocenters. The topological polar surface area (TPSA) is 68.8 Å². The summed E-state index contributed by atoms with van der Waals surface area (Å²) in [4.78, 5) is 0. The lowest BCUT2D eigenvalue weighted by Crippen LogP contribution is -2.04. The Bertz CT molecular complexity index is 803. The van der Waals surface area contributed by atoms with Crippen LogP contribution in [0.1, 0.15) is 28.6 Å². The number of hydrogen-bond acceptors (Lipinski definition) is 5. The Labute approximate surface area is 129 Å². The highest BCUT2D eigenvalue weighted by Crippen LogP contribution is 2.22. The molecule has 0 aliphatic rings. The highest BCUT2D eigenvalue weighted by Gasteiger charge is 2.11. The molecule has 0 fully saturated rings. The highest BCUT2D eigenvalue weighted by molar-refractivity contribution is 5.51. The molecule has 0 saturated heterocycles. The van der Waals surface area contributed by atoms with Gasteiger partial charge >= 0.3 is 0 Å². The van der Waals surface area contributed by atoms with E-state index in [9.17, 15) is 0 Å². The summed E-state index contributed by atoms with van der Waals surface area (Å²) in [6.07, 6.45) is 1.82. The first-order valence-electron chi connectivity index (χ1n) is 7.19. The summed E-state index contributed by atoms with van der Waals surface area (Å²) in [6, 6.07) is 6.36. The van der Waals surface area contributed by atoms with Gasteiger partial charge in [-0.15, -0.1) is 10.2 Å². The van der Waals surface area contributed by atoms with Crippen LogP contribution in [-0.4, -0.2) is 20.0 Å². The Hall–Kier alpha value is -2.63. The van der Waals surface area contributed by atoms with Gasteiger partial charge in [0.2, 0.25) is 11.8 Å². The van der Waals surface area contributed by atoms with Crippen LogP contribution in [0.2, 0.25) is 0 Å². The molecule has 114 valence electrons. The van der Waals surface area contributed by atoms with Crippen LogP contribution in [0.4, 0.5) is 5.69 Å². The van der Waals surface area contributed by atoms with Gasteiger partial charge in [0.05, 0.1) is 29.8 Å². The fraction of sp³-hybridized carbons (Fsp3) is 0.312. The Morgan fingerprint density at radius 1 is 1.14 bits per heavy atom. The number of nitrogens with zero attached hydrogens (tertiary/aromatic N) is 4. The maximum Gasteiger partial charge on any atom is 0.235 e. The molecule has 0 bridgehead atoms. The zero-order valence-corrected chi connectivity index (χ0v) is 13.2. The maximum atomic E-state index is 5.36. The van der Waals surface area contributed by atoms with Gasteiger partial charge in [-0.25, -0.2) is 4.68 Å². The minimum absolute atomic E-state index is 0.486. The number of nitrogens with one attached hydrogen (secondary N) is 1. The van der Waals surface area contributed by atoms with E-state index in [1.165, 1.54) is 11.1 Å². The van der Waals surface area contributed by atoms with Crippen LogP contribution < -0.4 is 5.32 Å². The van der Waals surface area contributed by atoms with Gasteiger partial charge in [0.1, 0.15) is 0 Å². The molecular weight excluding hydrogens is 278 g/mol. The number of hydrogen-bond donors (Lipinski definition) is 1. The molecule has 0 saturated carbocycles. The fourth-order valence-electron chi connectivity index (χ4n) is 2.35. The van der Waals surface area contributed by atoms with Crippen molar-refractivity contribution >= 4 is 5.69 Å². The summed E-state index contributed by atoms with van der Waals surface area (Å²) >= 11 is 0. The van der Waals surface area contributed by atoms with Crippen LogP contribution >= 0.6 is 0 Å². The van der Waals surface area contributed by atoms with Crippen molar-refractivity contribution in [2.45, 2.75) is 34.2 Å². The Morgan fingerprint density at radius 2 is 1.95 bits per heavy atom. The summed E-state index contributed by atoms with van der Waals surface area (Å²) in [5.74, 6) is 1.14. The minimum Gasteiger partial charge on any atom is -0.424 e. The number of anilines is 1. The summed E-state index contributed by atoms with van der Waals surface area (Å²) in [6.45, 7) is 8.47. The SMILES string of the molecule is Cc1ccc(C)c(-n2ncc(NCc3nnc(C)o3)c2C)c1. The van der Waals surface area contributed by atoms with Crippen molar-refractivity contribution < 1.29 is 4.42 Å². The zero-order chi connectivity index (χ0) is 15.7. The Kier molecular flexibility index (Phi) is 3.66. The first-order valence-corrected chi connectivity index (χ1v) is 7.19. The average molecular weight is 297 g/mol. The highest BCUT2D eigenvalue weighted by atomic mass is 16.4. The predicted molar refractivity (Wildman–Crippen MR) is 84.1 cm³/mol. The van der Waals surface area contributed by atoms with Crippen molar-refractivity contribution in [2.75, 3.05) is 5.32 Å². The van der Waals surface area contributed by atoms with Crippen molar-refractivity contribution in [1.82, 2.24) is 20.0 Å². The molecule has 0 radical (unpaired) electrons. The molecule has 6 nitrogen and oxygen atoms in total. The van der Waals surface area contributed by atoms with E-state index in [1.807, 2.05) is 17.8 Å². The van der Waals surface area contributed by atoms with E-state index in [2.05, 4.69) is 52.7 Å². The number of rotatable bonds is 4. The van der Waals surface area contributed by atoms with Gasteiger partial charge in [-0.1, -0.05) is 12.1 Å². The van der Waals surface area contributed by atoms with Crippen molar-refractivity contribution in [1.29, 1.82) is 0 Å². The summed E-state index contributed by atoms with van der Waals surface area (Å²) in [7, 11) is 0. The molecule has 6 heteroatoms. The van der Waals surface area contributed by atoms with Gasteiger partial charge in [-0.2, -0.15) is 5.10 Å². The van der Waals surface area contributed by atoms with E-state index in [4.69, 9.17) is 4.42 Å². The van der Waals surface area contributed by atoms with Crippen molar-refractivity contribution in [2.24, 2.45) is 0 Å². The second kappa shape index (κ2) is 5.63. The van der Waals surface area contributed by atoms with Crippen LogP contribution in [-0.2, 0) is 6.54 Å². The van der Waals surface area contributed by atoms with Crippen LogP contribution in [0.25, 0.3) is 5.69 Å². The first kappa shape index (κ1) is 14.3. The van der Waals surface area contributed by atoms with Crippen molar-refractivity contribution in [3.8, 4) is 5.69 Å². The quantitative estimate of drug-likeness (QED) is 0.801. The van der Waals surface area contributed by atoms with Crippen LogP contribution in [0.15, 0.2) is 28.8 Å². The lowest BCUT2D eigenvalue weighted by molar-refractivity contribution is 0.475. The van der Waals surface area contributed by atoms with E-state index in [1.54, 1.807) is 6.92 Å². The number of aryl methyl sites for hydroxylation is 3. The average Bonchev–Trinajstić information content (AvgIpc) is 3.06. The van der Waals surface area contributed by atoms with E-state index in [-0.39, 0.29) is 0 Å². The molecule has 0 amide bonds.